The Kier molecular flexibility index (Phi) is 5.91. The van der Waals surface area contributed by atoms with Crippen LogP contribution < -0.4 is 4.74 Å². The summed E-state index contributed by atoms with van der Waals surface area (Å²) in [5.41, 5.74) is 0.452. The van der Waals surface area contributed by atoms with Gasteiger partial charge in [0.05, 0.1) is 19.2 Å². The van der Waals surface area contributed by atoms with E-state index < -0.39 is 12.7 Å². The minimum atomic E-state index is -4.21. The third-order valence-electron chi connectivity index (χ3n) is 3.68. The van der Waals surface area contributed by atoms with Crippen molar-refractivity contribution < 1.29 is 22.7 Å². The zero-order chi connectivity index (χ0) is 17.0. The summed E-state index contributed by atoms with van der Waals surface area (Å²) in [5.74, 6) is 0.356. The van der Waals surface area contributed by atoms with Crippen molar-refractivity contribution in [3.05, 3.63) is 28.2 Å². The van der Waals surface area contributed by atoms with Crippen LogP contribution in [0.4, 0.5) is 13.2 Å². The van der Waals surface area contributed by atoms with E-state index in [1.807, 2.05) is 0 Å². The Balaban J connectivity index is 2.06. The predicted octanol–water partition coefficient (Wildman–Crippen LogP) is 3.17. The van der Waals surface area contributed by atoms with Gasteiger partial charge in [-0.3, -0.25) is 9.69 Å². The number of benzene rings is 1. The van der Waals surface area contributed by atoms with Crippen molar-refractivity contribution in [2.24, 2.45) is 0 Å². The van der Waals surface area contributed by atoms with Crippen LogP contribution in [0.15, 0.2) is 22.7 Å². The topological polar surface area (TPSA) is 32.8 Å². The lowest BCUT2D eigenvalue weighted by atomic mass is 10.2. The summed E-state index contributed by atoms with van der Waals surface area (Å²) < 4.78 is 43.2. The highest BCUT2D eigenvalue weighted by molar-refractivity contribution is 9.10. The van der Waals surface area contributed by atoms with Gasteiger partial charge in [-0.15, -0.1) is 0 Å². The maximum Gasteiger partial charge on any atom is 0.401 e. The number of halogens is 4. The van der Waals surface area contributed by atoms with E-state index in [2.05, 4.69) is 15.9 Å². The maximum absolute atomic E-state index is 12.6. The molecule has 0 N–H and O–H groups in total. The van der Waals surface area contributed by atoms with Gasteiger partial charge in [-0.25, -0.2) is 0 Å². The molecule has 4 nitrogen and oxygen atoms in total. The average molecular weight is 395 g/mol. The molecule has 0 bridgehead atoms. The summed E-state index contributed by atoms with van der Waals surface area (Å²) in [5, 5.41) is 0. The van der Waals surface area contributed by atoms with E-state index in [1.165, 1.54) is 12.0 Å². The van der Waals surface area contributed by atoms with Crippen LogP contribution in [0.2, 0.25) is 0 Å². The molecule has 1 saturated heterocycles. The molecule has 2 rings (SSSR count). The van der Waals surface area contributed by atoms with Crippen LogP contribution >= 0.6 is 15.9 Å². The molecule has 1 aliphatic rings. The average Bonchev–Trinajstić information content (AvgIpc) is 2.71. The number of carbonyl (C=O) groups excluding carboxylic acids is 1. The van der Waals surface area contributed by atoms with Gasteiger partial charge >= 0.3 is 6.18 Å². The number of alkyl halides is 3. The predicted molar refractivity (Wildman–Crippen MR) is 83.7 cm³/mol. The lowest BCUT2D eigenvalue weighted by molar-refractivity contribution is -0.145. The number of rotatable bonds is 3. The Morgan fingerprint density at radius 2 is 2.00 bits per heavy atom. The van der Waals surface area contributed by atoms with Crippen LogP contribution in [0.25, 0.3) is 0 Å². The van der Waals surface area contributed by atoms with E-state index in [0.717, 1.165) is 0 Å². The lowest BCUT2D eigenvalue weighted by Gasteiger charge is -2.23. The molecular weight excluding hydrogens is 377 g/mol. The number of methoxy groups -OCH3 is 1. The summed E-state index contributed by atoms with van der Waals surface area (Å²) >= 11 is 3.34. The fraction of sp³-hybridized carbons (Fsp3) is 0.533. The molecule has 1 aliphatic heterocycles. The smallest absolute Gasteiger partial charge is 0.401 e. The molecule has 128 valence electrons. The van der Waals surface area contributed by atoms with E-state index in [4.69, 9.17) is 4.74 Å². The molecule has 23 heavy (non-hydrogen) atoms. The van der Waals surface area contributed by atoms with Gasteiger partial charge in [0.25, 0.3) is 5.91 Å². The molecule has 1 aromatic carbocycles. The van der Waals surface area contributed by atoms with Crippen LogP contribution in [0.1, 0.15) is 16.8 Å². The van der Waals surface area contributed by atoms with Crippen LogP contribution in [0.5, 0.6) is 5.75 Å². The Labute approximate surface area is 141 Å². The molecule has 1 amide bonds. The van der Waals surface area contributed by atoms with Crippen molar-refractivity contribution in [3.8, 4) is 5.75 Å². The first kappa shape index (κ1) is 18.1. The first-order valence-electron chi connectivity index (χ1n) is 7.22. The molecule has 0 aliphatic carbocycles. The summed E-state index contributed by atoms with van der Waals surface area (Å²) in [6, 6.07) is 5.08. The largest absolute Gasteiger partial charge is 0.497 e. The highest BCUT2D eigenvalue weighted by atomic mass is 79.9. The summed E-state index contributed by atoms with van der Waals surface area (Å²) in [7, 11) is 1.51. The number of ether oxygens (including phenoxy) is 1. The van der Waals surface area contributed by atoms with Gasteiger partial charge in [-0.05, 0) is 40.5 Å². The molecule has 0 unspecified atom stereocenters. The molecular formula is C15H18BrF3N2O2. The molecule has 0 spiro atoms. The van der Waals surface area contributed by atoms with Gasteiger partial charge in [0.2, 0.25) is 0 Å². The molecule has 1 aromatic rings. The fourth-order valence-electron chi connectivity index (χ4n) is 2.55. The van der Waals surface area contributed by atoms with Gasteiger partial charge in [0.15, 0.2) is 0 Å². The molecule has 1 fully saturated rings. The molecule has 0 saturated carbocycles. The Hall–Kier alpha value is -1.28. The van der Waals surface area contributed by atoms with E-state index in [9.17, 15) is 18.0 Å². The number of nitrogens with zero attached hydrogens (tertiary/aromatic N) is 2. The van der Waals surface area contributed by atoms with Crippen molar-refractivity contribution in [1.29, 1.82) is 0 Å². The number of hydrogen-bond donors (Lipinski definition) is 0. The highest BCUT2D eigenvalue weighted by Crippen LogP contribution is 2.24. The van der Waals surface area contributed by atoms with Gasteiger partial charge in [-0.2, -0.15) is 13.2 Å². The van der Waals surface area contributed by atoms with Crippen molar-refractivity contribution in [1.82, 2.24) is 9.80 Å². The van der Waals surface area contributed by atoms with Crippen LogP contribution in [-0.2, 0) is 0 Å². The van der Waals surface area contributed by atoms with Gasteiger partial charge in [0, 0.05) is 30.7 Å². The Morgan fingerprint density at radius 3 is 2.65 bits per heavy atom. The van der Waals surface area contributed by atoms with E-state index in [0.29, 0.717) is 35.3 Å². The van der Waals surface area contributed by atoms with Gasteiger partial charge in [-0.1, -0.05) is 0 Å². The van der Waals surface area contributed by atoms with Gasteiger partial charge < -0.3 is 9.64 Å². The minimum absolute atomic E-state index is 0.204. The van der Waals surface area contributed by atoms with E-state index >= 15 is 0 Å². The van der Waals surface area contributed by atoms with Crippen molar-refractivity contribution in [2.45, 2.75) is 12.6 Å². The molecule has 0 radical (unpaired) electrons. The maximum atomic E-state index is 12.6. The number of hydrogen-bond acceptors (Lipinski definition) is 3. The molecule has 1 heterocycles. The zero-order valence-corrected chi connectivity index (χ0v) is 14.3. The van der Waals surface area contributed by atoms with Crippen molar-refractivity contribution in [2.75, 3.05) is 39.8 Å². The summed E-state index contributed by atoms with van der Waals surface area (Å²) in [4.78, 5) is 15.6. The third-order valence-corrected chi connectivity index (χ3v) is 4.37. The second-order valence-electron chi connectivity index (χ2n) is 5.38. The van der Waals surface area contributed by atoms with Gasteiger partial charge in [0.1, 0.15) is 5.75 Å². The Morgan fingerprint density at radius 1 is 1.26 bits per heavy atom. The molecule has 8 heteroatoms. The van der Waals surface area contributed by atoms with Crippen molar-refractivity contribution in [3.63, 3.8) is 0 Å². The zero-order valence-electron chi connectivity index (χ0n) is 12.7. The van der Waals surface area contributed by atoms with Crippen LogP contribution in [0.3, 0.4) is 0 Å². The lowest BCUT2D eigenvalue weighted by Crippen LogP contribution is -2.38. The Bertz CT molecular complexity index is 566. The fourth-order valence-corrected chi connectivity index (χ4v) is 2.97. The quantitative estimate of drug-likeness (QED) is 0.789. The van der Waals surface area contributed by atoms with E-state index in [-0.39, 0.29) is 19.0 Å². The van der Waals surface area contributed by atoms with Crippen LogP contribution in [-0.4, -0.2) is 61.7 Å². The number of amides is 1. The minimum Gasteiger partial charge on any atom is -0.497 e. The standard InChI is InChI=1S/C15H18BrF3N2O2/c1-23-11-3-4-13(16)12(9-11)14(22)21-6-2-5-20(7-8-21)10-15(17,18)19/h3-4,9H,2,5-8,10H2,1H3. The number of carbonyl (C=O) groups is 1. The van der Waals surface area contributed by atoms with Crippen molar-refractivity contribution >= 4 is 21.8 Å². The summed E-state index contributed by atoms with van der Waals surface area (Å²) in [6.07, 6.45) is -3.70. The second kappa shape index (κ2) is 7.53. The van der Waals surface area contributed by atoms with Crippen LogP contribution in [0, 0.1) is 0 Å². The summed E-state index contributed by atoms with van der Waals surface area (Å²) in [6.45, 7) is 0.336. The SMILES string of the molecule is COc1ccc(Br)c(C(=O)N2CCCN(CC(F)(F)F)CC2)c1. The molecule has 0 aromatic heterocycles. The third kappa shape index (κ3) is 5.10. The second-order valence-corrected chi connectivity index (χ2v) is 6.24. The first-order chi connectivity index (χ1) is 10.8. The highest BCUT2D eigenvalue weighted by Gasteiger charge is 2.32. The normalized spacial score (nSPS) is 17.0. The van der Waals surface area contributed by atoms with E-state index in [1.54, 1.807) is 23.1 Å². The monoisotopic (exact) mass is 394 g/mol. The first-order valence-corrected chi connectivity index (χ1v) is 8.01. The molecule has 0 atom stereocenters.